The van der Waals surface area contributed by atoms with Crippen LogP contribution in [0.3, 0.4) is 0 Å². The quantitative estimate of drug-likeness (QED) is 0.475. The molecule has 0 radical (unpaired) electrons. The number of nitro groups is 1. The van der Waals surface area contributed by atoms with Crippen molar-refractivity contribution in [2.24, 2.45) is 0 Å². The molecule has 0 aliphatic carbocycles. The lowest BCUT2D eigenvalue weighted by atomic mass is 10.2. The van der Waals surface area contributed by atoms with Crippen LogP contribution in [-0.2, 0) is 10.0 Å². The van der Waals surface area contributed by atoms with Gasteiger partial charge in [-0.15, -0.1) is 0 Å². The van der Waals surface area contributed by atoms with Crippen LogP contribution in [0.1, 0.15) is 5.56 Å². The van der Waals surface area contributed by atoms with Crippen LogP contribution in [0.2, 0.25) is 0 Å². The van der Waals surface area contributed by atoms with Crippen molar-refractivity contribution in [2.45, 2.75) is 11.8 Å². The SMILES string of the molecule is Cc1ccc(OCCNS(=O)(=O)c2ccccc2[N+](=O)[O-])cc1. The van der Waals surface area contributed by atoms with Gasteiger partial charge in [0.2, 0.25) is 10.0 Å². The Morgan fingerprint density at radius 1 is 1.13 bits per heavy atom. The summed E-state index contributed by atoms with van der Waals surface area (Å²) in [6.45, 7) is 2.07. The van der Waals surface area contributed by atoms with E-state index in [-0.39, 0.29) is 18.0 Å². The largest absolute Gasteiger partial charge is 0.492 e. The van der Waals surface area contributed by atoms with Crippen LogP contribution in [0.15, 0.2) is 53.4 Å². The van der Waals surface area contributed by atoms with Gasteiger partial charge in [0.05, 0.1) is 4.92 Å². The number of hydrogen-bond donors (Lipinski definition) is 1. The minimum atomic E-state index is -3.97. The standard InChI is InChI=1S/C15H16N2O5S/c1-12-6-8-13(9-7-12)22-11-10-16-23(20,21)15-5-3-2-4-14(15)17(18)19/h2-9,16H,10-11H2,1H3. The van der Waals surface area contributed by atoms with Crippen molar-refractivity contribution in [3.8, 4) is 5.75 Å². The number of sulfonamides is 1. The zero-order chi connectivity index (χ0) is 16.9. The molecule has 0 unspecified atom stereocenters. The van der Waals surface area contributed by atoms with Gasteiger partial charge in [0.15, 0.2) is 4.90 Å². The van der Waals surface area contributed by atoms with E-state index in [9.17, 15) is 18.5 Å². The minimum absolute atomic E-state index is 0.00224. The maximum Gasteiger partial charge on any atom is 0.289 e. The molecule has 7 nitrogen and oxygen atoms in total. The van der Waals surface area contributed by atoms with Gasteiger partial charge in [0.25, 0.3) is 5.69 Å². The molecule has 0 spiro atoms. The highest BCUT2D eigenvalue weighted by Gasteiger charge is 2.24. The van der Waals surface area contributed by atoms with Gasteiger partial charge >= 0.3 is 0 Å². The smallest absolute Gasteiger partial charge is 0.289 e. The van der Waals surface area contributed by atoms with Crippen LogP contribution in [0.25, 0.3) is 0 Å². The van der Waals surface area contributed by atoms with E-state index in [0.717, 1.165) is 11.6 Å². The summed E-state index contributed by atoms with van der Waals surface area (Å²) in [5.74, 6) is 0.625. The van der Waals surface area contributed by atoms with Crippen molar-refractivity contribution in [3.05, 3.63) is 64.2 Å². The lowest BCUT2D eigenvalue weighted by Gasteiger charge is -2.09. The van der Waals surface area contributed by atoms with Crippen molar-refractivity contribution in [1.29, 1.82) is 0 Å². The van der Waals surface area contributed by atoms with Gasteiger partial charge in [-0.05, 0) is 25.1 Å². The van der Waals surface area contributed by atoms with E-state index < -0.39 is 20.6 Å². The molecule has 0 atom stereocenters. The molecule has 2 aromatic rings. The summed E-state index contributed by atoms with van der Waals surface area (Å²) < 4.78 is 32.0. The van der Waals surface area contributed by atoms with E-state index in [1.54, 1.807) is 12.1 Å². The van der Waals surface area contributed by atoms with Crippen molar-refractivity contribution in [1.82, 2.24) is 4.72 Å². The van der Waals surface area contributed by atoms with Gasteiger partial charge in [-0.3, -0.25) is 10.1 Å². The molecule has 2 aromatic carbocycles. The Kier molecular flexibility index (Phi) is 5.30. The van der Waals surface area contributed by atoms with Crippen LogP contribution in [0.4, 0.5) is 5.69 Å². The number of ether oxygens (including phenoxy) is 1. The van der Waals surface area contributed by atoms with Crippen LogP contribution in [0, 0.1) is 17.0 Å². The second-order valence-electron chi connectivity index (χ2n) is 4.78. The highest BCUT2D eigenvalue weighted by molar-refractivity contribution is 7.89. The van der Waals surface area contributed by atoms with Crippen LogP contribution < -0.4 is 9.46 Å². The summed E-state index contributed by atoms with van der Waals surface area (Å²) in [5, 5.41) is 10.9. The predicted molar refractivity (Wildman–Crippen MR) is 85.0 cm³/mol. The summed E-state index contributed by atoms with van der Waals surface area (Å²) in [4.78, 5) is 9.81. The van der Waals surface area contributed by atoms with Gasteiger partial charge in [-0.1, -0.05) is 29.8 Å². The summed E-state index contributed by atoms with van der Waals surface area (Å²) in [7, 11) is -3.97. The Morgan fingerprint density at radius 3 is 2.43 bits per heavy atom. The third kappa shape index (κ3) is 4.51. The second kappa shape index (κ2) is 7.21. The lowest BCUT2D eigenvalue weighted by molar-refractivity contribution is -0.387. The van der Waals surface area contributed by atoms with Gasteiger partial charge in [-0.25, -0.2) is 13.1 Å². The van der Waals surface area contributed by atoms with E-state index in [1.165, 1.54) is 18.2 Å². The van der Waals surface area contributed by atoms with Crippen molar-refractivity contribution in [3.63, 3.8) is 0 Å². The number of hydrogen-bond acceptors (Lipinski definition) is 5. The van der Waals surface area contributed by atoms with E-state index in [2.05, 4.69) is 4.72 Å². The maximum absolute atomic E-state index is 12.1. The molecule has 23 heavy (non-hydrogen) atoms. The van der Waals surface area contributed by atoms with E-state index in [4.69, 9.17) is 4.74 Å². The molecule has 0 fully saturated rings. The average Bonchev–Trinajstić information content (AvgIpc) is 2.53. The Labute approximate surface area is 134 Å². The Balaban J connectivity index is 1.97. The number of rotatable bonds is 7. The summed E-state index contributed by atoms with van der Waals surface area (Å²) in [5.41, 5.74) is 0.633. The summed E-state index contributed by atoms with van der Waals surface area (Å²) >= 11 is 0. The molecule has 0 saturated heterocycles. The number of nitrogens with one attached hydrogen (secondary N) is 1. The molecule has 1 N–H and O–H groups in total. The molecule has 0 aliphatic rings. The molecule has 0 saturated carbocycles. The topological polar surface area (TPSA) is 98.5 Å². The van der Waals surface area contributed by atoms with Crippen LogP contribution >= 0.6 is 0 Å². The normalized spacial score (nSPS) is 11.2. The average molecular weight is 336 g/mol. The molecule has 8 heteroatoms. The number of aryl methyl sites for hydroxylation is 1. The van der Waals surface area contributed by atoms with E-state index in [0.29, 0.717) is 5.75 Å². The fraction of sp³-hybridized carbons (Fsp3) is 0.200. The molecule has 0 aromatic heterocycles. The van der Waals surface area contributed by atoms with Crippen LogP contribution in [0.5, 0.6) is 5.75 Å². The number of nitro benzene ring substituents is 1. The summed E-state index contributed by atoms with van der Waals surface area (Å²) in [6.07, 6.45) is 0. The van der Waals surface area contributed by atoms with Crippen molar-refractivity contribution < 1.29 is 18.1 Å². The third-order valence-corrected chi connectivity index (χ3v) is 4.54. The first-order valence-corrected chi connectivity index (χ1v) is 8.31. The van der Waals surface area contributed by atoms with Gasteiger partial charge in [0.1, 0.15) is 12.4 Å². The van der Waals surface area contributed by atoms with Crippen molar-refractivity contribution >= 4 is 15.7 Å². The molecule has 0 aliphatic heterocycles. The number of nitrogens with zero attached hydrogens (tertiary/aromatic N) is 1. The van der Waals surface area contributed by atoms with E-state index in [1.807, 2.05) is 19.1 Å². The Morgan fingerprint density at radius 2 is 1.78 bits per heavy atom. The van der Waals surface area contributed by atoms with Crippen molar-refractivity contribution in [2.75, 3.05) is 13.2 Å². The van der Waals surface area contributed by atoms with Gasteiger partial charge in [-0.2, -0.15) is 0 Å². The van der Waals surface area contributed by atoms with Crippen LogP contribution in [-0.4, -0.2) is 26.5 Å². The molecule has 0 amide bonds. The molecule has 0 heterocycles. The second-order valence-corrected chi connectivity index (χ2v) is 6.52. The molecule has 2 rings (SSSR count). The highest BCUT2D eigenvalue weighted by atomic mass is 32.2. The Hall–Kier alpha value is -2.45. The van der Waals surface area contributed by atoms with Gasteiger partial charge in [0, 0.05) is 12.6 Å². The zero-order valence-electron chi connectivity index (χ0n) is 12.4. The Bertz CT molecular complexity index is 788. The lowest BCUT2D eigenvalue weighted by Crippen LogP contribution is -2.28. The number of benzene rings is 2. The number of para-hydroxylation sites is 1. The first-order chi connectivity index (χ1) is 10.9. The first kappa shape index (κ1) is 16.9. The molecule has 0 bridgehead atoms. The maximum atomic E-state index is 12.1. The molecular formula is C15H16N2O5S. The van der Waals surface area contributed by atoms with E-state index >= 15 is 0 Å². The predicted octanol–water partition coefficient (Wildman–Crippen LogP) is 2.26. The minimum Gasteiger partial charge on any atom is -0.492 e. The fourth-order valence-corrected chi connectivity index (χ4v) is 3.08. The monoisotopic (exact) mass is 336 g/mol. The first-order valence-electron chi connectivity index (χ1n) is 6.83. The highest BCUT2D eigenvalue weighted by Crippen LogP contribution is 2.22. The zero-order valence-corrected chi connectivity index (χ0v) is 13.2. The third-order valence-electron chi connectivity index (χ3n) is 3.04. The fourth-order valence-electron chi connectivity index (χ4n) is 1.89. The molecular weight excluding hydrogens is 320 g/mol. The van der Waals surface area contributed by atoms with Gasteiger partial charge < -0.3 is 4.74 Å². The molecule has 122 valence electrons. The summed E-state index contributed by atoms with van der Waals surface area (Å²) in [6, 6.07) is 12.5.